The van der Waals surface area contributed by atoms with E-state index < -0.39 is 5.82 Å². The maximum absolute atomic E-state index is 13.7. The molecule has 0 bridgehead atoms. The fourth-order valence-corrected chi connectivity index (χ4v) is 5.19. The van der Waals surface area contributed by atoms with Crippen LogP contribution >= 0.6 is 11.6 Å². The van der Waals surface area contributed by atoms with Crippen LogP contribution < -0.4 is 4.90 Å². The van der Waals surface area contributed by atoms with E-state index in [1.807, 2.05) is 18.2 Å². The Morgan fingerprint density at radius 1 is 1.17 bits per heavy atom. The first-order valence-electron chi connectivity index (χ1n) is 11.8. The second-order valence-electron chi connectivity index (χ2n) is 9.01. The lowest BCUT2D eigenvalue weighted by atomic mass is 9.95. The fraction of sp³-hybridized carbons (Fsp3) is 0.440. The highest BCUT2D eigenvalue weighted by molar-refractivity contribution is 6.30. The van der Waals surface area contributed by atoms with Gasteiger partial charge in [0.25, 0.3) is 0 Å². The molecular formula is C25H27ClFN7O. The summed E-state index contributed by atoms with van der Waals surface area (Å²) in [6.07, 6.45) is 2.66. The Morgan fingerprint density at radius 2 is 2.00 bits per heavy atom. The van der Waals surface area contributed by atoms with Crippen molar-refractivity contribution in [2.24, 2.45) is 0 Å². The van der Waals surface area contributed by atoms with Crippen molar-refractivity contribution in [1.82, 2.24) is 24.6 Å². The van der Waals surface area contributed by atoms with Gasteiger partial charge in [0.15, 0.2) is 17.3 Å². The fourth-order valence-electron chi connectivity index (χ4n) is 5.00. The molecule has 0 unspecified atom stereocenters. The number of halogens is 2. The zero-order chi connectivity index (χ0) is 24.4. The van der Waals surface area contributed by atoms with Crippen LogP contribution in [0.4, 0.5) is 10.2 Å². The lowest BCUT2D eigenvalue weighted by Gasteiger charge is -2.32. The smallest absolute Gasteiger partial charge is 0.178 e. The molecule has 182 valence electrons. The summed E-state index contributed by atoms with van der Waals surface area (Å²) < 4.78 is 21.2. The van der Waals surface area contributed by atoms with Gasteiger partial charge in [-0.1, -0.05) is 11.6 Å². The average molecular weight is 496 g/mol. The quantitative estimate of drug-likeness (QED) is 0.477. The van der Waals surface area contributed by atoms with E-state index in [0.717, 1.165) is 73.4 Å². The average Bonchev–Trinajstić information content (AvgIpc) is 3.21. The van der Waals surface area contributed by atoms with E-state index in [2.05, 4.69) is 35.6 Å². The molecule has 3 aromatic rings. The molecular weight excluding hydrogens is 469 g/mol. The van der Waals surface area contributed by atoms with Crippen molar-refractivity contribution in [3.05, 3.63) is 64.1 Å². The predicted octanol–water partition coefficient (Wildman–Crippen LogP) is 4.06. The molecule has 1 fully saturated rings. The Morgan fingerprint density at radius 3 is 2.77 bits per heavy atom. The van der Waals surface area contributed by atoms with E-state index in [9.17, 15) is 4.39 Å². The molecule has 8 nitrogen and oxygen atoms in total. The minimum absolute atomic E-state index is 0.169. The van der Waals surface area contributed by atoms with Crippen LogP contribution in [0.2, 0.25) is 5.02 Å². The topological polar surface area (TPSA) is 83.1 Å². The Bertz CT molecular complexity index is 1250. The summed E-state index contributed by atoms with van der Waals surface area (Å²) >= 11 is 6.37. The standard InChI is InChI=1S/C25H27ClFN7O/c1-35-12-2-9-32-15-18-13-19(26)3-5-22(18)34-24(16-32)30-31-25(34)17-7-10-33(11-8-17)23-6-4-20(27)21(14-28)29-23/h3-6,13,17H,2,7-12,15-16H2,1H3. The normalized spacial score (nSPS) is 16.5. The number of aromatic nitrogens is 4. The second-order valence-corrected chi connectivity index (χ2v) is 9.45. The summed E-state index contributed by atoms with van der Waals surface area (Å²) in [6.45, 7) is 4.60. The molecule has 0 amide bonds. The van der Waals surface area contributed by atoms with E-state index in [-0.39, 0.29) is 11.6 Å². The summed E-state index contributed by atoms with van der Waals surface area (Å²) in [5.74, 6) is 2.17. The number of rotatable bonds is 6. The van der Waals surface area contributed by atoms with Crippen molar-refractivity contribution >= 4 is 17.4 Å². The summed E-state index contributed by atoms with van der Waals surface area (Å²) in [7, 11) is 1.72. The van der Waals surface area contributed by atoms with Crippen LogP contribution in [-0.2, 0) is 17.8 Å². The molecule has 0 atom stereocenters. The van der Waals surface area contributed by atoms with E-state index in [1.54, 1.807) is 13.2 Å². The van der Waals surface area contributed by atoms with Crippen molar-refractivity contribution in [2.45, 2.75) is 38.3 Å². The molecule has 0 saturated carbocycles. The molecule has 2 aliphatic heterocycles. The number of fused-ring (bicyclic) bond motifs is 3. The number of pyridine rings is 1. The maximum Gasteiger partial charge on any atom is 0.178 e. The van der Waals surface area contributed by atoms with Crippen LogP contribution in [0.1, 0.15) is 48.1 Å². The number of nitrogens with zero attached hydrogens (tertiary/aromatic N) is 7. The number of nitriles is 1. The van der Waals surface area contributed by atoms with Gasteiger partial charge in [0.05, 0.1) is 12.2 Å². The third-order valence-corrected chi connectivity index (χ3v) is 6.98. The van der Waals surface area contributed by atoms with E-state index in [0.29, 0.717) is 19.0 Å². The highest BCUT2D eigenvalue weighted by atomic mass is 35.5. The highest BCUT2D eigenvalue weighted by Gasteiger charge is 2.30. The maximum atomic E-state index is 13.7. The first-order chi connectivity index (χ1) is 17.1. The number of hydrogen-bond donors (Lipinski definition) is 0. The van der Waals surface area contributed by atoms with Gasteiger partial charge in [-0.15, -0.1) is 10.2 Å². The summed E-state index contributed by atoms with van der Waals surface area (Å²) in [5.41, 5.74) is 2.07. The van der Waals surface area contributed by atoms with Gasteiger partial charge in [0, 0.05) is 50.8 Å². The van der Waals surface area contributed by atoms with E-state index in [4.69, 9.17) is 21.6 Å². The van der Waals surface area contributed by atoms with E-state index >= 15 is 0 Å². The van der Waals surface area contributed by atoms with E-state index in [1.165, 1.54) is 6.07 Å². The van der Waals surface area contributed by atoms with Crippen molar-refractivity contribution in [1.29, 1.82) is 5.26 Å². The van der Waals surface area contributed by atoms with Gasteiger partial charge in [-0.3, -0.25) is 9.47 Å². The van der Waals surface area contributed by atoms with Crippen LogP contribution in [0.3, 0.4) is 0 Å². The Hall–Kier alpha value is -3.06. The summed E-state index contributed by atoms with van der Waals surface area (Å²) in [5, 5.41) is 19.1. The lowest BCUT2D eigenvalue weighted by Crippen LogP contribution is -2.34. The van der Waals surface area contributed by atoms with Gasteiger partial charge >= 0.3 is 0 Å². The van der Waals surface area contributed by atoms with Gasteiger partial charge in [-0.25, -0.2) is 9.37 Å². The van der Waals surface area contributed by atoms with Crippen molar-refractivity contribution in [3.63, 3.8) is 0 Å². The molecule has 35 heavy (non-hydrogen) atoms. The van der Waals surface area contributed by atoms with Crippen LogP contribution in [0.15, 0.2) is 30.3 Å². The molecule has 4 heterocycles. The van der Waals surface area contributed by atoms with Gasteiger partial charge in [-0.2, -0.15) is 5.26 Å². The Labute approximate surface area is 208 Å². The second kappa shape index (κ2) is 10.3. The van der Waals surface area contributed by atoms with Crippen LogP contribution in [0, 0.1) is 17.1 Å². The monoisotopic (exact) mass is 495 g/mol. The number of ether oxygens (including phenoxy) is 1. The SMILES string of the molecule is COCCCN1Cc2cc(Cl)ccc2-n2c(nnc2C2CCN(c3ccc(F)c(C#N)n3)CC2)C1. The van der Waals surface area contributed by atoms with Crippen LogP contribution in [0.25, 0.3) is 5.69 Å². The van der Waals surface area contributed by atoms with Crippen molar-refractivity contribution in [3.8, 4) is 11.8 Å². The van der Waals surface area contributed by atoms with Crippen molar-refractivity contribution < 1.29 is 9.13 Å². The van der Waals surface area contributed by atoms with Gasteiger partial charge in [0.2, 0.25) is 0 Å². The Balaban J connectivity index is 1.39. The molecule has 1 saturated heterocycles. The Kier molecular flexibility index (Phi) is 6.95. The molecule has 10 heteroatoms. The number of methoxy groups -OCH3 is 1. The summed E-state index contributed by atoms with van der Waals surface area (Å²) in [4.78, 5) is 8.65. The zero-order valence-electron chi connectivity index (χ0n) is 19.6. The molecule has 0 N–H and O–H groups in total. The minimum atomic E-state index is -0.590. The first-order valence-corrected chi connectivity index (χ1v) is 12.2. The first kappa shape index (κ1) is 23.7. The minimum Gasteiger partial charge on any atom is -0.385 e. The number of hydrogen-bond acceptors (Lipinski definition) is 7. The van der Waals surface area contributed by atoms with Crippen molar-refractivity contribution in [2.75, 3.05) is 38.3 Å². The molecule has 0 radical (unpaired) electrons. The zero-order valence-corrected chi connectivity index (χ0v) is 20.4. The number of benzene rings is 1. The molecule has 2 aliphatic rings. The predicted molar refractivity (Wildman–Crippen MR) is 130 cm³/mol. The third kappa shape index (κ3) is 4.87. The van der Waals surface area contributed by atoms with Crippen LogP contribution in [-0.4, -0.2) is 58.0 Å². The third-order valence-electron chi connectivity index (χ3n) is 6.74. The van der Waals surface area contributed by atoms with Gasteiger partial charge in [0.1, 0.15) is 17.7 Å². The van der Waals surface area contributed by atoms with Crippen LogP contribution in [0.5, 0.6) is 0 Å². The molecule has 5 rings (SSSR count). The molecule has 2 aromatic heterocycles. The van der Waals surface area contributed by atoms with Gasteiger partial charge in [-0.05, 0) is 55.2 Å². The molecule has 1 aromatic carbocycles. The lowest BCUT2D eigenvalue weighted by molar-refractivity contribution is 0.166. The highest BCUT2D eigenvalue weighted by Crippen LogP contribution is 2.34. The summed E-state index contributed by atoms with van der Waals surface area (Å²) in [6, 6.07) is 10.8. The largest absolute Gasteiger partial charge is 0.385 e. The number of anilines is 1. The van der Waals surface area contributed by atoms with Gasteiger partial charge < -0.3 is 9.64 Å². The molecule has 0 aliphatic carbocycles. The molecule has 0 spiro atoms. The number of piperidine rings is 1.